The number of aromatic amines is 6. The van der Waals surface area contributed by atoms with Gasteiger partial charge in [-0.15, -0.1) is 0 Å². The van der Waals surface area contributed by atoms with Crippen molar-refractivity contribution in [3.63, 3.8) is 0 Å². The summed E-state index contributed by atoms with van der Waals surface area (Å²) in [6, 6.07) is 33.6. The van der Waals surface area contributed by atoms with Crippen LogP contribution in [0.3, 0.4) is 0 Å². The highest BCUT2D eigenvalue weighted by atomic mass is 32.2. The third kappa shape index (κ3) is 23.2. The molecule has 0 spiro atoms. The molecule has 39 heteroatoms. The van der Waals surface area contributed by atoms with Gasteiger partial charge in [0.15, 0.2) is 0 Å². The van der Waals surface area contributed by atoms with E-state index in [4.69, 9.17) is 42.6 Å². The number of H-pyrrole nitrogens is 6. The Balaban J connectivity index is 0.578. The van der Waals surface area contributed by atoms with Crippen LogP contribution in [0.25, 0.3) is 0 Å². The Morgan fingerprint density at radius 2 is 0.531 bits per heavy atom. The molecular weight excluding hydrogens is 1770 g/mol. The van der Waals surface area contributed by atoms with Crippen molar-refractivity contribution in [2.45, 2.75) is 164 Å². The number of ether oxygens (including phenoxy) is 9. The van der Waals surface area contributed by atoms with Gasteiger partial charge < -0.3 is 42.6 Å². The zero-order valence-electron chi connectivity index (χ0n) is 71.2. The number of nitrogens with one attached hydrogen (secondary N) is 6. The van der Waals surface area contributed by atoms with Gasteiger partial charge in [-0.3, -0.25) is 86.1 Å². The second kappa shape index (κ2) is 44.4. The summed E-state index contributed by atoms with van der Waals surface area (Å²) in [7, 11) is 3.25. The average Bonchev–Trinajstić information content (AvgIpc) is 1.62. The lowest BCUT2D eigenvalue weighted by molar-refractivity contribution is -0.0438. The van der Waals surface area contributed by atoms with Gasteiger partial charge in [0.1, 0.15) is 54.5 Å². The first-order valence-corrected chi connectivity index (χ1v) is 50.4. The number of rotatable bonds is 43. The van der Waals surface area contributed by atoms with Gasteiger partial charge in [-0.1, -0.05) is 61.5 Å². The van der Waals surface area contributed by atoms with Gasteiger partial charge in [-0.2, -0.15) is 70.6 Å². The molecule has 6 fully saturated rings. The Labute approximate surface area is 760 Å². The molecule has 9 aromatic rings. The molecule has 6 N–H and O–H groups in total. The Kier molecular flexibility index (Phi) is 32.5. The first-order valence-electron chi connectivity index (χ1n) is 43.4. The molecular formula is C89H108N12O21S6. The fourth-order valence-corrected chi connectivity index (χ4v) is 25.4. The topological polar surface area (TPSA) is 412 Å². The smallest absolute Gasteiger partial charge is 0.330 e. The first kappa shape index (κ1) is 93.8. The van der Waals surface area contributed by atoms with E-state index in [0.29, 0.717) is 128 Å². The maximum absolute atomic E-state index is 13.4. The highest BCUT2D eigenvalue weighted by molar-refractivity contribution is 8.00. The molecule has 0 radical (unpaired) electrons. The fourth-order valence-electron chi connectivity index (χ4n) is 18.4. The van der Waals surface area contributed by atoms with Crippen LogP contribution in [0.5, 0.6) is 11.5 Å². The van der Waals surface area contributed by atoms with Gasteiger partial charge in [-0.05, 0) is 223 Å². The van der Waals surface area contributed by atoms with Crippen molar-refractivity contribution < 1.29 is 42.6 Å². The minimum absolute atomic E-state index is 0.00253. The standard InChI is InChI=1S/C89H108N12O21S6/c1-4-123-48-54-42-78(97-31-19-72(103)91-84(97)109)118-66(54)25-37-125-50-56-44-80(99-33-21-74(105)93-86(99)111)120-68(56)27-39-127-52-58-46-82(101-35-23-76(107)95-88(101)113)122-70(58)29-41-128-53-59-47-81(100-34-22-75(106)94-87(100)112)121-69(59)28-40-126-51-57-45-79(98-32-20-73(104)92-85(98)110)119-67(57)26-38-124-49-55-43-77(96-30-18-71(102)90-83(96)108)117-65(55)24-36-116-89(60-8-6-5-7-9-60,61-10-14-63(114-2)15-11-61)62-12-16-64(115-3)17-13-62/h5-23,30-35,54-59,65-70,77-82H,4,24-29,36-53H2,1-3H3,(H,90,102,108)(H,91,103,109)(H,92,104,110)(H,93,105,111)(H,94,106,112)(H,95,107,113)/t54-,55-,56-,57-,58-,59-,65-,66-,67-,68-,69-,70-,77-,78-,79-,80-,81-,82-/m1/s1. The molecule has 6 aliphatic heterocycles. The van der Waals surface area contributed by atoms with E-state index in [1.165, 1.54) is 101 Å². The van der Waals surface area contributed by atoms with Crippen LogP contribution in [0.2, 0.25) is 0 Å². The van der Waals surface area contributed by atoms with Crippen molar-refractivity contribution in [2.75, 3.05) is 89.9 Å². The average molecular weight is 1870 g/mol. The summed E-state index contributed by atoms with van der Waals surface area (Å²) >= 11 is 10.6. The van der Waals surface area contributed by atoms with E-state index in [9.17, 15) is 57.5 Å². The van der Waals surface area contributed by atoms with Crippen LogP contribution in [0.15, 0.2) is 210 Å². The van der Waals surface area contributed by atoms with Crippen LogP contribution in [-0.4, -0.2) is 184 Å². The van der Waals surface area contributed by atoms with Gasteiger partial charge in [0.2, 0.25) is 0 Å². The number of methoxy groups -OCH3 is 2. The maximum atomic E-state index is 13.4. The number of aromatic nitrogens is 12. The normalized spacial score (nSPS) is 25.8. The molecule has 6 aliphatic rings. The van der Waals surface area contributed by atoms with Gasteiger partial charge in [0.25, 0.3) is 33.4 Å². The number of hydrogen-bond donors (Lipinski definition) is 6. The van der Waals surface area contributed by atoms with Crippen LogP contribution < -0.4 is 77.0 Å². The van der Waals surface area contributed by atoms with E-state index in [1.54, 1.807) is 73.0 Å². The minimum Gasteiger partial charge on any atom is -0.497 e. The fraction of sp³-hybridized carbons (Fsp3) is 0.528. The summed E-state index contributed by atoms with van der Waals surface area (Å²) in [5, 5.41) is 0. The van der Waals surface area contributed by atoms with Gasteiger partial charge in [0.05, 0.1) is 57.5 Å². The largest absolute Gasteiger partial charge is 0.497 e. The third-order valence-electron chi connectivity index (χ3n) is 25.0. The summed E-state index contributed by atoms with van der Waals surface area (Å²) in [6.45, 7) is 2.35. The second-order valence-corrected chi connectivity index (χ2v) is 40.0. The van der Waals surface area contributed by atoms with Crippen molar-refractivity contribution in [3.8, 4) is 11.5 Å². The predicted octanol–water partition coefficient (Wildman–Crippen LogP) is 8.50. The number of hydrogen-bond acceptors (Lipinski definition) is 27. The van der Waals surface area contributed by atoms with Crippen LogP contribution >= 0.6 is 70.6 Å². The van der Waals surface area contributed by atoms with E-state index in [1.807, 2.05) is 90.6 Å². The Morgan fingerprint density at radius 3 is 0.758 bits per heavy atom. The molecule has 15 rings (SSSR count). The second-order valence-electron chi connectivity index (χ2n) is 33.0. The van der Waals surface area contributed by atoms with E-state index in [-0.39, 0.29) is 78.7 Å². The van der Waals surface area contributed by atoms with Crippen molar-refractivity contribution in [3.05, 3.63) is 294 Å². The number of benzene rings is 3. The summed E-state index contributed by atoms with van der Waals surface area (Å²) in [4.78, 5) is 167. The lowest BCUT2D eigenvalue weighted by Gasteiger charge is -2.36. The molecule has 0 bridgehead atoms. The molecule has 0 saturated carbocycles. The Hall–Kier alpha value is -8.84. The Bertz CT molecular complexity index is 5910. The zero-order chi connectivity index (χ0) is 89.4. The molecule has 0 unspecified atom stereocenters. The summed E-state index contributed by atoms with van der Waals surface area (Å²) in [6.07, 6.45) is 10.5. The van der Waals surface area contributed by atoms with Crippen LogP contribution in [0, 0.1) is 35.5 Å². The SMILES string of the molecule is CCSC[C@H]1C[C@H](n2ccc(=O)[nH]c2=O)O[C@@H]1CCSC[C@H]1C[C@H](n2ccc(=O)[nH]c2=O)O[C@@H]1CCSC[C@H]1C[C@H](n2ccc(=O)[nH]c2=O)O[C@@H]1CCSC[C@H]1C[C@H](n2ccc(=O)[nH]c2=O)O[C@@H]1CCSC[C@H]1C[C@H](n2ccc(=O)[nH]c2=O)O[C@@H]1CCSC[C@H]1C[C@H](n2ccc(=O)[nH]c2=O)O[C@@H]1CCOC(c1ccccc1)(c1ccc(OC)cc1)c1ccc(OC)cc1. The van der Waals surface area contributed by atoms with Gasteiger partial charge in [-0.25, -0.2) is 28.8 Å². The Morgan fingerprint density at radius 1 is 0.305 bits per heavy atom. The lowest BCUT2D eigenvalue weighted by Crippen LogP contribution is -2.34. The molecule has 6 saturated heterocycles. The maximum Gasteiger partial charge on any atom is 0.330 e. The van der Waals surface area contributed by atoms with E-state index < -0.39 is 110 Å². The highest BCUT2D eigenvalue weighted by Gasteiger charge is 2.45. The third-order valence-corrected chi connectivity index (χ3v) is 32.0. The quantitative estimate of drug-likeness (QED) is 0.0154. The first-order chi connectivity index (χ1) is 62.2. The van der Waals surface area contributed by atoms with E-state index in [0.717, 1.165) is 46.1 Å². The molecule has 33 nitrogen and oxygen atoms in total. The van der Waals surface area contributed by atoms with Gasteiger partial charge >= 0.3 is 34.1 Å². The molecule has 3 aromatic carbocycles. The van der Waals surface area contributed by atoms with E-state index >= 15 is 0 Å². The number of thioether (sulfide) groups is 6. The number of nitrogens with zero attached hydrogens (tertiary/aromatic N) is 6. The van der Waals surface area contributed by atoms with Crippen molar-refractivity contribution in [2.24, 2.45) is 35.5 Å². The molecule has 6 aromatic heterocycles. The zero-order valence-corrected chi connectivity index (χ0v) is 76.1. The van der Waals surface area contributed by atoms with Crippen molar-refractivity contribution in [1.29, 1.82) is 0 Å². The lowest BCUT2D eigenvalue weighted by atomic mass is 9.80. The molecule has 128 heavy (non-hydrogen) atoms. The van der Waals surface area contributed by atoms with Crippen LogP contribution in [-0.2, 0) is 38.8 Å². The summed E-state index contributed by atoms with van der Waals surface area (Å²) < 4.78 is 67.6. The van der Waals surface area contributed by atoms with Crippen molar-refractivity contribution >= 4 is 70.6 Å². The van der Waals surface area contributed by atoms with Crippen molar-refractivity contribution in [1.82, 2.24) is 57.3 Å². The van der Waals surface area contributed by atoms with Gasteiger partial charge in [0, 0.05) is 73.6 Å². The minimum atomic E-state index is -1.09. The molecule has 0 amide bonds. The molecule has 686 valence electrons. The summed E-state index contributed by atoms with van der Waals surface area (Å²) in [5.41, 5.74) is -4.83. The molecule has 0 aliphatic carbocycles. The predicted molar refractivity (Wildman–Crippen MR) is 496 cm³/mol. The van der Waals surface area contributed by atoms with E-state index in [2.05, 4.69) is 36.8 Å². The van der Waals surface area contributed by atoms with Crippen LogP contribution in [0.1, 0.15) is 138 Å². The molecule has 18 atom stereocenters. The monoisotopic (exact) mass is 1870 g/mol. The summed E-state index contributed by atoms with van der Waals surface area (Å²) in [5.74, 6) is 10.3. The molecule has 12 heterocycles. The van der Waals surface area contributed by atoms with Crippen LogP contribution in [0.4, 0.5) is 0 Å². The highest BCUT2D eigenvalue weighted by Crippen LogP contribution is 2.47.